The number of carbonyl (C=O) groups is 2. The van der Waals surface area contributed by atoms with E-state index in [2.05, 4.69) is 46.8 Å². The van der Waals surface area contributed by atoms with Gasteiger partial charge >= 0.3 is 0 Å². The zero-order valence-electron chi connectivity index (χ0n) is 16.5. The fourth-order valence-corrected chi connectivity index (χ4v) is 3.70. The van der Waals surface area contributed by atoms with E-state index in [-0.39, 0.29) is 17.9 Å². The Morgan fingerprint density at radius 2 is 1.86 bits per heavy atom. The van der Waals surface area contributed by atoms with Crippen molar-refractivity contribution in [3.8, 4) is 0 Å². The molecule has 1 aliphatic carbocycles. The summed E-state index contributed by atoms with van der Waals surface area (Å²) in [4.78, 5) is 27.2. The maximum atomic E-state index is 13.1. The Hall–Kier alpha value is -2.70. The molecule has 0 spiro atoms. The molecule has 28 heavy (non-hydrogen) atoms. The highest BCUT2D eigenvalue weighted by Crippen LogP contribution is 2.24. The van der Waals surface area contributed by atoms with Crippen LogP contribution >= 0.6 is 0 Å². The average molecular weight is 381 g/mol. The van der Waals surface area contributed by atoms with Crippen LogP contribution in [-0.2, 0) is 17.8 Å². The molecule has 7 nitrogen and oxygen atoms in total. The fourth-order valence-electron chi connectivity index (χ4n) is 3.70. The summed E-state index contributed by atoms with van der Waals surface area (Å²) in [7, 11) is 0. The first kappa shape index (κ1) is 18.7. The number of aromatic nitrogens is 3. The summed E-state index contributed by atoms with van der Waals surface area (Å²) in [6, 6.07) is 8.30. The summed E-state index contributed by atoms with van der Waals surface area (Å²) in [5.41, 5.74) is 3.49. The molecule has 148 valence electrons. The highest BCUT2D eigenvalue weighted by Gasteiger charge is 2.38. The molecule has 2 heterocycles. The molecule has 0 bridgehead atoms. The van der Waals surface area contributed by atoms with Crippen LogP contribution in [0.15, 0.2) is 24.3 Å². The molecule has 1 saturated heterocycles. The van der Waals surface area contributed by atoms with Crippen LogP contribution < -0.4 is 5.32 Å². The Kier molecular flexibility index (Phi) is 5.15. The molecule has 2 amide bonds. The van der Waals surface area contributed by atoms with E-state index >= 15 is 0 Å². The molecule has 1 aromatic heterocycles. The van der Waals surface area contributed by atoms with Gasteiger partial charge in [-0.15, -0.1) is 5.10 Å². The molecule has 1 N–H and O–H groups in total. The van der Waals surface area contributed by atoms with Crippen LogP contribution in [0.3, 0.4) is 0 Å². The third-order valence-electron chi connectivity index (χ3n) is 5.69. The van der Waals surface area contributed by atoms with Gasteiger partial charge in [0, 0.05) is 12.6 Å². The number of amides is 2. The van der Waals surface area contributed by atoms with Crippen molar-refractivity contribution in [1.29, 1.82) is 0 Å². The number of hydrogen-bond acceptors (Lipinski definition) is 4. The molecule has 7 heteroatoms. The van der Waals surface area contributed by atoms with E-state index in [1.54, 1.807) is 9.58 Å². The van der Waals surface area contributed by atoms with Crippen molar-refractivity contribution in [1.82, 2.24) is 25.2 Å². The molecule has 1 atom stereocenters. The van der Waals surface area contributed by atoms with Crippen molar-refractivity contribution >= 4 is 11.8 Å². The van der Waals surface area contributed by atoms with E-state index in [9.17, 15) is 9.59 Å². The summed E-state index contributed by atoms with van der Waals surface area (Å²) < 4.78 is 1.75. The fraction of sp³-hybridized carbons (Fsp3) is 0.524. The Morgan fingerprint density at radius 1 is 1.14 bits per heavy atom. The molecule has 1 aliphatic heterocycles. The maximum absolute atomic E-state index is 13.1. The van der Waals surface area contributed by atoms with Gasteiger partial charge in [-0.2, -0.15) is 0 Å². The normalized spacial score (nSPS) is 19.1. The van der Waals surface area contributed by atoms with Gasteiger partial charge < -0.3 is 10.2 Å². The highest BCUT2D eigenvalue weighted by molar-refractivity contribution is 5.97. The van der Waals surface area contributed by atoms with E-state index in [1.165, 1.54) is 5.56 Å². The number of carbonyl (C=O) groups excluding carboxylic acids is 2. The van der Waals surface area contributed by atoms with Crippen LogP contribution in [0.5, 0.6) is 0 Å². The molecular weight excluding hydrogens is 354 g/mol. The van der Waals surface area contributed by atoms with Gasteiger partial charge in [0.25, 0.3) is 5.91 Å². The average Bonchev–Trinajstić information content (AvgIpc) is 3.25. The number of benzene rings is 1. The van der Waals surface area contributed by atoms with E-state index in [0.29, 0.717) is 31.2 Å². The number of nitrogens with zero attached hydrogens (tertiary/aromatic N) is 4. The van der Waals surface area contributed by atoms with Crippen molar-refractivity contribution in [2.45, 2.75) is 64.6 Å². The smallest absolute Gasteiger partial charge is 0.277 e. The molecule has 1 unspecified atom stereocenters. The first-order valence-corrected chi connectivity index (χ1v) is 10.2. The summed E-state index contributed by atoms with van der Waals surface area (Å²) in [6.45, 7) is 5.15. The Bertz CT molecular complexity index is 869. The lowest BCUT2D eigenvalue weighted by atomic mass is 10.1. The van der Waals surface area contributed by atoms with Crippen LogP contribution in [0.25, 0.3) is 0 Å². The molecule has 2 fully saturated rings. The third kappa shape index (κ3) is 3.79. The van der Waals surface area contributed by atoms with E-state index < -0.39 is 0 Å². The highest BCUT2D eigenvalue weighted by atomic mass is 16.2. The van der Waals surface area contributed by atoms with Gasteiger partial charge in [-0.25, -0.2) is 4.68 Å². The van der Waals surface area contributed by atoms with Crippen LogP contribution in [0, 0.1) is 6.92 Å². The molecule has 2 aromatic rings. The Labute approximate surface area is 165 Å². The SMILES string of the molecule is CCc1ccc(Cn2nnc(C(=O)N3CCCC3C(=O)NC3CC3)c2C)cc1. The van der Waals surface area contributed by atoms with Crippen molar-refractivity contribution in [2.75, 3.05) is 6.54 Å². The van der Waals surface area contributed by atoms with Crippen molar-refractivity contribution in [2.24, 2.45) is 0 Å². The maximum Gasteiger partial charge on any atom is 0.277 e. The minimum absolute atomic E-state index is 0.0330. The van der Waals surface area contributed by atoms with Gasteiger partial charge in [0.1, 0.15) is 6.04 Å². The predicted molar refractivity (Wildman–Crippen MR) is 105 cm³/mol. The topological polar surface area (TPSA) is 80.1 Å². The number of nitrogens with one attached hydrogen (secondary N) is 1. The second-order valence-corrected chi connectivity index (χ2v) is 7.79. The summed E-state index contributed by atoms with van der Waals surface area (Å²) in [6.07, 6.45) is 4.64. The van der Waals surface area contributed by atoms with Gasteiger partial charge in [0.05, 0.1) is 12.2 Å². The van der Waals surface area contributed by atoms with Crippen molar-refractivity contribution < 1.29 is 9.59 Å². The van der Waals surface area contributed by atoms with Gasteiger partial charge in [0.2, 0.25) is 5.91 Å². The number of hydrogen-bond donors (Lipinski definition) is 1. The minimum atomic E-state index is -0.390. The monoisotopic (exact) mass is 381 g/mol. The lowest BCUT2D eigenvalue weighted by Gasteiger charge is -2.23. The molecule has 0 radical (unpaired) electrons. The van der Waals surface area contributed by atoms with Crippen LogP contribution in [-0.4, -0.2) is 50.3 Å². The summed E-state index contributed by atoms with van der Waals surface area (Å²) >= 11 is 0. The first-order valence-electron chi connectivity index (χ1n) is 10.2. The second-order valence-electron chi connectivity index (χ2n) is 7.79. The minimum Gasteiger partial charge on any atom is -0.352 e. The lowest BCUT2D eigenvalue weighted by Crippen LogP contribution is -2.46. The third-order valence-corrected chi connectivity index (χ3v) is 5.69. The first-order chi connectivity index (χ1) is 13.6. The molecule has 1 aromatic carbocycles. The summed E-state index contributed by atoms with van der Waals surface area (Å²) in [5.74, 6) is -0.229. The molecule has 1 saturated carbocycles. The van der Waals surface area contributed by atoms with Gasteiger partial charge in [-0.3, -0.25) is 9.59 Å². The zero-order valence-corrected chi connectivity index (χ0v) is 16.5. The van der Waals surface area contributed by atoms with Crippen LogP contribution in [0.2, 0.25) is 0 Å². The summed E-state index contributed by atoms with van der Waals surface area (Å²) in [5, 5.41) is 11.4. The van der Waals surface area contributed by atoms with Gasteiger partial charge in [0.15, 0.2) is 5.69 Å². The van der Waals surface area contributed by atoms with Crippen molar-refractivity contribution in [3.05, 3.63) is 46.8 Å². The number of likely N-dealkylation sites (tertiary alicyclic amines) is 1. The Balaban J connectivity index is 1.47. The number of rotatable bonds is 6. The lowest BCUT2D eigenvalue weighted by molar-refractivity contribution is -0.125. The van der Waals surface area contributed by atoms with E-state index in [0.717, 1.165) is 36.9 Å². The predicted octanol–water partition coefficient (Wildman–Crippen LogP) is 2.08. The second kappa shape index (κ2) is 7.73. The standard InChI is InChI=1S/C21H27N5O2/c1-3-15-6-8-16(9-7-15)13-26-14(2)19(23-24-26)21(28)25-12-4-5-18(25)20(27)22-17-10-11-17/h6-9,17-18H,3-5,10-13H2,1-2H3,(H,22,27). The van der Waals surface area contributed by atoms with Gasteiger partial charge in [-0.1, -0.05) is 36.4 Å². The zero-order chi connectivity index (χ0) is 19.7. The van der Waals surface area contributed by atoms with E-state index in [4.69, 9.17) is 0 Å². The molecule has 2 aliphatic rings. The van der Waals surface area contributed by atoms with Crippen molar-refractivity contribution in [3.63, 3.8) is 0 Å². The van der Waals surface area contributed by atoms with Crippen LogP contribution in [0.1, 0.15) is 59.9 Å². The van der Waals surface area contributed by atoms with Crippen LogP contribution in [0.4, 0.5) is 0 Å². The Morgan fingerprint density at radius 3 is 2.54 bits per heavy atom. The molecular formula is C21H27N5O2. The van der Waals surface area contributed by atoms with Gasteiger partial charge in [-0.05, 0) is 50.2 Å². The number of aryl methyl sites for hydroxylation is 1. The molecule has 4 rings (SSSR count). The quantitative estimate of drug-likeness (QED) is 0.831. The largest absolute Gasteiger partial charge is 0.352 e. The van der Waals surface area contributed by atoms with E-state index in [1.807, 2.05) is 6.92 Å².